The van der Waals surface area contributed by atoms with Crippen molar-refractivity contribution >= 4 is 16.9 Å². The van der Waals surface area contributed by atoms with Gasteiger partial charge in [0, 0.05) is 24.2 Å². The first kappa shape index (κ1) is 22.7. The number of methoxy groups -OCH3 is 2. The van der Waals surface area contributed by atoms with E-state index in [1.54, 1.807) is 37.4 Å². The summed E-state index contributed by atoms with van der Waals surface area (Å²) in [5.41, 5.74) is 0.311. The first-order valence-corrected chi connectivity index (χ1v) is 10.0. The van der Waals surface area contributed by atoms with E-state index in [-0.39, 0.29) is 34.1 Å². The fraction of sp³-hybridized carbons (Fsp3) is 0.250. The summed E-state index contributed by atoms with van der Waals surface area (Å²) in [7, 11) is 2.94. The second-order valence-electron chi connectivity index (χ2n) is 6.89. The van der Waals surface area contributed by atoms with Gasteiger partial charge in [-0.2, -0.15) is 0 Å². The number of phenols is 1. The molecule has 3 rings (SSSR count). The molecule has 1 amide bonds. The van der Waals surface area contributed by atoms with Crippen molar-refractivity contribution in [3.05, 3.63) is 59.3 Å². The van der Waals surface area contributed by atoms with Crippen LogP contribution in [0.3, 0.4) is 0 Å². The number of carbonyl (C=O) groups excluding carboxylic acids is 1. The summed E-state index contributed by atoms with van der Waals surface area (Å²) in [5, 5.41) is 13.1. The molecule has 0 radical (unpaired) electrons. The second-order valence-corrected chi connectivity index (χ2v) is 6.89. The van der Waals surface area contributed by atoms with Crippen LogP contribution in [0.25, 0.3) is 22.3 Å². The summed E-state index contributed by atoms with van der Waals surface area (Å²) in [6.07, 6.45) is 2.62. The van der Waals surface area contributed by atoms with Crippen molar-refractivity contribution in [2.75, 3.05) is 27.4 Å². The zero-order valence-corrected chi connectivity index (χ0v) is 18.0. The molecular weight excluding hydrogens is 414 g/mol. The predicted octanol–water partition coefficient (Wildman–Crippen LogP) is 3.64. The Morgan fingerprint density at radius 2 is 1.88 bits per heavy atom. The van der Waals surface area contributed by atoms with Crippen LogP contribution in [-0.2, 0) is 4.79 Å². The number of hydrogen-bond acceptors (Lipinski definition) is 7. The van der Waals surface area contributed by atoms with E-state index in [0.29, 0.717) is 43.1 Å². The van der Waals surface area contributed by atoms with Crippen molar-refractivity contribution < 1.29 is 28.5 Å². The van der Waals surface area contributed by atoms with Crippen LogP contribution in [0.15, 0.2) is 58.3 Å². The van der Waals surface area contributed by atoms with E-state index in [4.69, 9.17) is 18.6 Å². The number of aromatic hydroxyl groups is 1. The minimum atomic E-state index is -0.485. The zero-order valence-electron chi connectivity index (χ0n) is 18.0. The molecule has 0 saturated carbocycles. The van der Waals surface area contributed by atoms with E-state index in [0.717, 1.165) is 0 Å². The third kappa shape index (κ3) is 5.03. The predicted molar refractivity (Wildman–Crippen MR) is 121 cm³/mol. The van der Waals surface area contributed by atoms with Crippen LogP contribution in [0.1, 0.15) is 12.8 Å². The molecule has 0 atom stereocenters. The zero-order chi connectivity index (χ0) is 23.1. The largest absolute Gasteiger partial charge is 0.507 e. The Kier molecular flexibility index (Phi) is 7.38. The number of nitrogens with one attached hydrogen (secondary N) is 1. The van der Waals surface area contributed by atoms with Gasteiger partial charge in [0.05, 0.1) is 20.8 Å². The summed E-state index contributed by atoms with van der Waals surface area (Å²) in [4.78, 5) is 24.1. The molecule has 32 heavy (non-hydrogen) atoms. The summed E-state index contributed by atoms with van der Waals surface area (Å²) in [6, 6.07) is 9.90. The number of ether oxygens (including phenoxy) is 3. The molecule has 0 bridgehead atoms. The number of unbranched alkanes of at least 4 members (excludes halogenated alkanes) is 1. The number of rotatable bonds is 10. The molecule has 0 fully saturated rings. The Balaban J connectivity index is 1.85. The van der Waals surface area contributed by atoms with Crippen molar-refractivity contribution in [3.8, 4) is 34.3 Å². The van der Waals surface area contributed by atoms with Gasteiger partial charge in [0.2, 0.25) is 17.1 Å². The second kappa shape index (κ2) is 10.4. The summed E-state index contributed by atoms with van der Waals surface area (Å²) in [5.74, 6) is 0.773. The van der Waals surface area contributed by atoms with Crippen LogP contribution in [0.2, 0.25) is 0 Å². The van der Waals surface area contributed by atoms with Gasteiger partial charge in [0.1, 0.15) is 28.2 Å². The van der Waals surface area contributed by atoms with Crippen LogP contribution in [0.4, 0.5) is 0 Å². The van der Waals surface area contributed by atoms with Gasteiger partial charge in [-0.3, -0.25) is 9.59 Å². The average Bonchev–Trinajstić information content (AvgIpc) is 2.80. The fourth-order valence-electron chi connectivity index (χ4n) is 3.16. The molecule has 8 nitrogen and oxygen atoms in total. The molecule has 0 unspecified atom stereocenters. The smallest absolute Gasteiger partial charge is 0.243 e. The molecule has 2 N–H and O–H groups in total. The van der Waals surface area contributed by atoms with E-state index >= 15 is 0 Å². The van der Waals surface area contributed by atoms with E-state index in [1.807, 2.05) is 0 Å². The molecule has 1 aromatic heterocycles. The normalized spacial score (nSPS) is 10.6. The van der Waals surface area contributed by atoms with Crippen molar-refractivity contribution in [2.24, 2.45) is 0 Å². The van der Waals surface area contributed by atoms with E-state index in [2.05, 4.69) is 11.9 Å². The van der Waals surface area contributed by atoms with Gasteiger partial charge in [0.15, 0.2) is 5.76 Å². The maximum Gasteiger partial charge on any atom is 0.243 e. The molecule has 8 heteroatoms. The van der Waals surface area contributed by atoms with Crippen molar-refractivity contribution in [1.29, 1.82) is 0 Å². The van der Waals surface area contributed by atoms with Gasteiger partial charge in [-0.15, -0.1) is 0 Å². The molecular formula is C24H25NO7. The molecule has 0 aliphatic carbocycles. The number of fused-ring (bicyclic) bond motifs is 1. The average molecular weight is 439 g/mol. The number of carbonyl (C=O) groups is 1. The highest BCUT2D eigenvalue weighted by Crippen LogP contribution is 2.36. The highest BCUT2D eigenvalue weighted by Gasteiger charge is 2.20. The minimum absolute atomic E-state index is 0.00629. The molecule has 1 heterocycles. The van der Waals surface area contributed by atoms with Gasteiger partial charge in [-0.05, 0) is 43.2 Å². The van der Waals surface area contributed by atoms with E-state index in [9.17, 15) is 14.7 Å². The fourth-order valence-corrected chi connectivity index (χ4v) is 3.16. The van der Waals surface area contributed by atoms with Gasteiger partial charge < -0.3 is 29.1 Å². The SMILES string of the molecule is C=CC(=O)NCCCCOc1cc(O)c2c(=O)c(OC)c(-c3ccc(OC)cc3)oc2c1. The highest BCUT2D eigenvalue weighted by molar-refractivity contribution is 5.88. The highest BCUT2D eigenvalue weighted by atomic mass is 16.5. The van der Waals surface area contributed by atoms with E-state index in [1.165, 1.54) is 19.3 Å². The maximum absolute atomic E-state index is 13.0. The lowest BCUT2D eigenvalue weighted by Crippen LogP contribution is -2.22. The Labute approximate surface area is 185 Å². The lowest BCUT2D eigenvalue weighted by atomic mass is 10.1. The summed E-state index contributed by atoms with van der Waals surface area (Å²) < 4.78 is 22.1. The molecule has 0 saturated heterocycles. The lowest BCUT2D eigenvalue weighted by molar-refractivity contribution is -0.116. The van der Waals surface area contributed by atoms with Crippen LogP contribution >= 0.6 is 0 Å². The third-order valence-electron chi connectivity index (χ3n) is 4.79. The van der Waals surface area contributed by atoms with Crippen molar-refractivity contribution in [2.45, 2.75) is 12.8 Å². The standard InChI is InChI=1S/C24H25NO7/c1-4-20(27)25-11-5-6-12-31-17-13-18(26)21-19(14-17)32-23(24(30-3)22(21)28)15-7-9-16(29-2)10-8-15/h4,7-10,13-14,26H,1,5-6,11-12H2,2-3H3,(H,25,27). The Morgan fingerprint density at radius 1 is 1.12 bits per heavy atom. The van der Waals surface area contributed by atoms with Gasteiger partial charge >= 0.3 is 0 Å². The summed E-state index contributed by atoms with van der Waals surface area (Å²) >= 11 is 0. The lowest BCUT2D eigenvalue weighted by Gasteiger charge is -2.12. The van der Waals surface area contributed by atoms with Crippen molar-refractivity contribution in [1.82, 2.24) is 5.32 Å². The number of benzene rings is 2. The Bertz CT molecular complexity index is 1170. The molecule has 0 spiro atoms. The van der Waals surface area contributed by atoms with Crippen molar-refractivity contribution in [3.63, 3.8) is 0 Å². The monoisotopic (exact) mass is 439 g/mol. The minimum Gasteiger partial charge on any atom is -0.507 e. The molecule has 0 aliphatic heterocycles. The van der Waals surface area contributed by atoms with E-state index < -0.39 is 5.43 Å². The number of hydrogen-bond donors (Lipinski definition) is 2. The topological polar surface area (TPSA) is 107 Å². The molecule has 168 valence electrons. The quantitative estimate of drug-likeness (QED) is 0.367. The van der Waals surface area contributed by atoms with Crippen LogP contribution in [-0.4, -0.2) is 38.4 Å². The summed E-state index contributed by atoms with van der Waals surface area (Å²) in [6.45, 7) is 4.27. The first-order valence-electron chi connectivity index (χ1n) is 10.0. The third-order valence-corrected chi connectivity index (χ3v) is 4.79. The van der Waals surface area contributed by atoms with Crippen LogP contribution in [0.5, 0.6) is 23.0 Å². The molecule has 3 aromatic rings. The molecule has 2 aromatic carbocycles. The molecule has 0 aliphatic rings. The first-order chi connectivity index (χ1) is 15.5. The van der Waals surface area contributed by atoms with Gasteiger partial charge in [0.25, 0.3) is 0 Å². The van der Waals surface area contributed by atoms with Gasteiger partial charge in [-0.25, -0.2) is 0 Å². The van der Waals surface area contributed by atoms with Gasteiger partial charge in [-0.1, -0.05) is 6.58 Å². The van der Waals surface area contributed by atoms with Crippen LogP contribution < -0.4 is 25.0 Å². The Morgan fingerprint density at radius 3 is 2.53 bits per heavy atom. The van der Waals surface area contributed by atoms with Crippen LogP contribution in [0, 0.1) is 0 Å². The maximum atomic E-state index is 13.0. The number of phenolic OH excluding ortho intramolecular Hbond substituents is 1. The Hall–Kier alpha value is -3.94. The number of amides is 1.